The first kappa shape index (κ1) is 24.9. The van der Waals surface area contributed by atoms with Gasteiger partial charge in [-0.1, -0.05) is 33.8 Å². The van der Waals surface area contributed by atoms with Crippen molar-refractivity contribution in [2.24, 2.45) is 5.92 Å². The number of aliphatic hydroxyl groups excluding tert-OH is 1. The topological polar surface area (TPSA) is 104 Å². The Morgan fingerprint density at radius 2 is 1.91 bits per heavy atom. The third-order valence-corrected chi connectivity index (χ3v) is 6.80. The minimum Gasteiger partial charge on any atom is -0.479 e. The minimum absolute atomic E-state index is 0.113. The van der Waals surface area contributed by atoms with Crippen LogP contribution in [0.15, 0.2) is 35.7 Å². The van der Waals surface area contributed by atoms with E-state index in [4.69, 9.17) is 4.98 Å². The second-order valence-electron chi connectivity index (χ2n) is 8.82. The van der Waals surface area contributed by atoms with Crippen LogP contribution < -0.4 is 5.32 Å². The van der Waals surface area contributed by atoms with Gasteiger partial charge in [-0.3, -0.25) is 4.79 Å². The maximum absolute atomic E-state index is 13.0. The maximum atomic E-state index is 13.0. The number of benzene rings is 1. The van der Waals surface area contributed by atoms with Gasteiger partial charge in [0.15, 0.2) is 6.10 Å². The normalized spacial score (nSPS) is 13.5. The molecule has 0 aliphatic rings. The van der Waals surface area contributed by atoms with Gasteiger partial charge in [0.1, 0.15) is 5.82 Å². The van der Waals surface area contributed by atoms with Crippen LogP contribution in [0, 0.1) is 5.92 Å². The molecule has 1 aromatic carbocycles. The monoisotopic (exact) mass is 471 g/mol. The van der Waals surface area contributed by atoms with Crippen LogP contribution in [0.1, 0.15) is 74.1 Å². The van der Waals surface area contributed by atoms with Crippen LogP contribution in [0.25, 0.3) is 11.0 Å². The molecule has 7 nitrogen and oxygen atoms in total. The first-order chi connectivity index (χ1) is 15.7. The third-order valence-electron chi connectivity index (χ3n) is 5.92. The Morgan fingerprint density at radius 1 is 1.18 bits per heavy atom. The van der Waals surface area contributed by atoms with Crippen molar-refractivity contribution in [2.45, 2.75) is 71.6 Å². The van der Waals surface area contributed by atoms with E-state index in [2.05, 4.69) is 35.2 Å². The molecule has 8 heteroatoms. The molecular weight excluding hydrogens is 438 g/mol. The van der Waals surface area contributed by atoms with Crippen molar-refractivity contribution in [3.05, 3.63) is 52.0 Å². The average Bonchev–Trinajstić information content (AvgIpc) is 3.41. The molecule has 0 saturated carbocycles. The summed E-state index contributed by atoms with van der Waals surface area (Å²) >= 11 is 1.70. The number of nitrogens with zero attached hydrogens (tertiary/aromatic N) is 2. The summed E-state index contributed by atoms with van der Waals surface area (Å²) in [6, 6.07) is 8.98. The molecule has 0 aliphatic carbocycles. The molecule has 3 aromatic rings. The van der Waals surface area contributed by atoms with Crippen LogP contribution in [0.5, 0.6) is 0 Å². The van der Waals surface area contributed by atoms with Crippen LogP contribution in [0.4, 0.5) is 0 Å². The number of hydrogen-bond acceptors (Lipinski definition) is 5. The van der Waals surface area contributed by atoms with E-state index in [1.54, 1.807) is 23.5 Å². The molecule has 0 saturated heterocycles. The molecular formula is C25H33N3O4S. The summed E-state index contributed by atoms with van der Waals surface area (Å²) in [5, 5.41) is 24.0. The number of aromatic nitrogens is 2. The zero-order chi connectivity index (χ0) is 24.1. The standard InChI is InChI=1S/C25H33N3O4S/c1-5-17(6-2)28-21-10-9-16(13-19(21)26-22(28)14-18-8-7-11-33-18)24(30)27-20(12-15(3)4)23(29)25(31)32/h7-11,13,15,17,20,23,29H,5-6,12,14H2,1-4H3,(H,27,30)(H,31,32). The molecule has 0 bridgehead atoms. The molecule has 3 rings (SSSR count). The fourth-order valence-electron chi connectivity index (χ4n) is 4.24. The number of amides is 1. The van der Waals surface area contributed by atoms with Crippen molar-refractivity contribution in [3.8, 4) is 0 Å². The molecule has 178 valence electrons. The number of imidazole rings is 1. The highest BCUT2D eigenvalue weighted by molar-refractivity contribution is 7.09. The van der Waals surface area contributed by atoms with E-state index in [-0.39, 0.29) is 5.92 Å². The number of aliphatic carboxylic acids is 1. The van der Waals surface area contributed by atoms with Crippen molar-refractivity contribution in [1.29, 1.82) is 0 Å². The highest BCUT2D eigenvalue weighted by atomic mass is 32.1. The number of carbonyl (C=O) groups excluding carboxylic acids is 1. The van der Waals surface area contributed by atoms with E-state index in [9.17, 15) is 19.8 Å². The zero-order valence-electron chi connectivity index (χ0n) is 19.6. The van der Waals surface area contributed by atoms with Gasteiger partial charge in [0.25, 0.3) is 5.91 Å². The molecule has 2 heterocycles. The van der Waals surface area contributed by atoms with Crippen molar-refractivity contribution < 1.29 is 19.8 Å². The number of carboxylic acid groups (broad SMARTS) is 1. The van der Waals surface area contributed by atoms with Crippen LogP contribution in [0.3, 0.4) is 0 Å². The summed E-state index contributed by atoms with van der Waals surface area (Å²) in [7, 11) is 0. The average molecular weight is 472 g/mol. The van der Waals surface area contributed by atoms with Gasteiger partial charge in [-0.15, -0.1) is 11.3 Å². The summed E-state index contributed by atoms with van der Waals surface area (Å²) in [4.78, 5) is 30.4. The molecule has 0 fully saturated rings. The van der Waals surface area contributed by atoms with Crippen LogP contribution in [-0.4, -0.2) is 43.8 Å². The Balaban J connectivity index is 1.95. The fourth-order valence-corrected chi connectivity index (χ4v) is 4.94. The second kappa shape index (κ2) is 10.9. The van der Waals surface area contributed by atoms with Gasteiger partial charge in [0.05, 0.1) is 17.1 Å². The number of fused-ring (bicyclic) bond motifs is 1. The lowest BCUT2D eigenvalue weighted by Gasteiger charge is -2.23. The number of thiophene rings is 1. The summed E-state index contributed by atoms with van der Waals surface area (Å²) in [6.45, 7) is 8.16. The maximum Gasteiger partial charge on any atom is 0.334 e. The first-order valence-electron chi connectivity index (χ1n) is 11.5. The quantitative estimate of drug-likeness (QED) is 0.378. The Kier molecular flexibility index (Phi) is 8.26. The molecule has 33 heavy (non-hydrogen) atoms. The van der Waals surface area contributed by atoms with Crippen LogP contribution >= 0.6 is 11.3 Å². The Morgan fingerprint density at radius 3 is 2.48 bits per heavy atom. The Labute approximate surface area is 198 Å². The smallest absolute Gasteiger partial charge is 0.334 e. The summed E-state index contributed by atoms with van der Waals surface area (Å²) in [5.41, 5.74) is 2.11. The van der Waals surface area contributed by atoms with E-state index in [1.807, 2.05) is 26.0 Å². The molecule has 0 spiro atoms. The van der Waals surface area contributed by atoms with Crippen LogP contribution in [-0.2, 0) is 11.2 Å². The molecule has 2 atom stereocenters. The van der Waals surface area contributed by atoms with Crippen molar-refractivity contribution in [2.75, 3.05) is 0 Å². The number of aliphatic hydroxyl groups is 1. The summed E-state index contributed by atoms with van der Waals surface area (Å²) < 4.78 is 2.28. The van der Waals surface area contributed by atoms with Gasteiger partial charge in [0, 0.05) is 22.9 Å². The Bertz CT molecular complexity index is 1090. The predicted octanol–water partition coefficient (Wildman–Crippen LogP) is 4.64. The van der Waals surface area contributed by atoms with Gasteiger partial charge >= 0.3 is 5.97 Å². The number of hydrogen-bond donors (Lipinski definition) is 3. The molecule has 2 aromatic heterocycles. The van der Waals surface area contributed by atoms with E-state index in [0.717, 1.165) is 36.1 Å². The first-order valence-corrected chi connectivity index (χ1v) is 12.4. The predicted molar refractivity (Wildman–Crippen MR) is 131 cm³/mol. The van der Waals surface area contributed by atoms with Gasteiger partial charge in [-0.2, -0.15) is 0 Å². The molecule has 1 amide bonds. The molecule has 0 radical (unpaired) electrons. The molecule has 3 N–H and O–H groups in total. The van der Waals surface area contributed by atoms with E-state index < -0.39 is 24.0 Å². The van der Waals surface area contributed by atoms with E-state index in [1.165, 1.54) is 4.88 Å². The van der Waals surface area contributed by atoms with E-state index >= 15 is 0 Å². The van der Waals surface area contributed by atoms with Gasteiger partial charge < -0.3 is 20.1 Å². The van der Waals surface area contributed by atoms with E-state index in [0.29, 0.717) is 18.0 Å². The SMILES string of the molecule is CCC(CC)n1c(Cc2cccs2)nc2cc(C(=O)NC(CC(C)C)C(O)C(=O)O)ccc21. The number of rotatable bonds is 11. The summed E-state index contributed by atoms with van der Waals surface area (Å²) in [6.07, 6.45) is 1.38. The van der Waals surface area contributed by atoms with Gasteiger partial charge in [-0.05, 0) is 54.8 Å². The minimum atomic E-state index is -1.66. The highest BCUT2D eigenvalue weighted by Crippen LogP contribution is 2.28. The zero-order valence-corrected chi connectivity index (χ0v) is 20.4. The number of nitrogens with one attached hydrogen (secondary N) is 1. The van der Waals surface area contributed by atoms with Crippen molar-refractivity contribution in [1.82, 2.24) is 14.9 Å². The van der Waals surface area contributed by atoms with Crippen LogP contribution in [0.2, 0.25) is 0 Å². The lowest BCUT2D eigenvalue weighted by atomic mass is 9.98. The van der Waals surface area contributed by atoms with Gasteiger partial charge in [0.2, 0.25) is 0 Å². The number of carboxylic acids is 1. The highest BCUT2D eigenvalue weighted by Gasteiger charge is 2.28. The third kappa shape index (κ3) is 5.81. The second-order valence-corrected chi connectivity index (χ2v) is 9.85. The summed E-state index contributed by atoms with van der Waals surface area (Å²) in [5.74, 6) is -0.682. The molecule has 2 unspecified atom stereocenters. The molecule has 0 aliphatic heterocycles. The largest absolute Gasteiger partial charge is 0.479 e. The number of carbonyl (C=O) groups is 2. The Hall–Kier alpha value is -2.71. The lowest BCUT2D eigenvalue weighted by molar-refractivity contribution is -0.148. The van der Waals surface area contributed by atoms with Gasteiger partial charge in [-0.25, -0.2) is 9.78 Å². The lowest BCUT2D eigenvalue weighted by Crippen LogP contribution is -2.47. The van der Waals surface area contributed by atoms with Crippen molar-refractivity contribution in [3.63, 3.8) is 0 Å². The fraction of sp³-hybridized carbons (Fsp3) is 0.480. The van der Waals surface area contributed by atoms with Crippen molar-refractivity contribution >= 4 is 34.2 Å².